The van der Waals surface area contributed by atoms with Crippen molar-refractivity contribution in [3.8, 4) is 11.5 Å². The second-order valence-electron chi connectivity index (χ2n) is 4.24. The van der Waals surface area contributed by atoms with Gasteiger partial charge < -0.3 is 9.47 Å². The van der Waals surface area contributed by atoms with Crippen LogP contribution in [0, 0.1) is 0 Å². The number of ether oxygens (including phenoxy) is 2. The highest BCUT2D eigenvalue weighted by molar-refractivity contribution is 5.79. The predicted octanol–water partition coefficient (Wildman–Crippen LogP) is 4.52. The summed E-state index contributed by atoms with van der Waals surface area (Å²) in [5.74, 6) is 1.67. The van der Waals surface area contributed by atoms with Crippen LogP contribution in [-0.4, -0.2) is 14.2 Å². The summed E-state index contributed by atoms with van der Waals surface area (Å²) in [5.41, 5.74) is 3.07. The Balaban J connectivity index is 2.43. The lowest BCUT2D eigenvalue weighted by atomic mass is 10.0. The molecule has 2 aromatic rings. The van der Waals surface area contributed by atoms with Crippen molar-refractivity contribution in [3.63, 3.8) is 0 Å². The molecule has 2 nitrogen and oxygen atoms in total. The van der Waals surface area contributed by atoms with Crippen LogP contribution in [0.5, 0.6) is 11.5 Å². The first-order chi connectivity index (χ1) is 9.80. The lowest BCUT2D eigenvalue weighted by molar-refractivity contribution is 0.413. The van der Waals surface area contributed by atoms with Crippen molar-refractivity contribution in [1.29, 1.82) is 0 Å². The van der Waals surface area contributed by atoms with Gasteiger partial charge in [0, 0.05) is 11.1 Å². The summed E-state index contributed by atoms with van der Waals surface area (Å²) in [6, 6.07) is 13.8. The van der Waals surface area contributed by atoms with E-state index in [2.05, 4.69) is 6.58 Å². The molecule has 0 atom stereocenters. The summed E-state index contributed by atoms with van der Waals surface area (Å²) in [7, 11) is 3.34. The molecular formula is C18H18O2. The zero-order valence-electron chi connectivity index (χ0n) is 11.8. The van der Waals surface area contributed by atoms with Crippen molar-refractivity contribution in [1.82, 2.24) is 0 Å². The van der Waals surface area contributed by atoms with E-state index in [9.17, 15) is 0 Å². The van der Waals surface area contributed by atoms with Crippen LogP contribution in [0.3, 0.4) is 0 Å². The number of para-hydroxylation sites is 1. The van der Waals surface area contributed by atoms with Gasteiger partial charge in [0.05, 0.1) is 14.2 Å². The van der Waals surface area contributed by atoms with Crippen LogP contribution in [0.25, 0.3) is 18.2 Å². The van der Waals surface area contributed by atoms with Crippen molar-refractivity contribution < 1.29 is 9.47 Å². The monoisotopic (exact) mass is 266 g/mol. The van der Waals surface area contributed by atoms with Gasteiger partial charge in [-0.15, -0.1) is 0 Å². The van der Waals surface area contributed by atoms with Gasteiger partial charge in [0.1, 0.15) is 11.5 Å². The average molecular weight is 266 g/mol. The van der Waals surface area contributed by atoms with Crippen LogP contribution in [0.1, 0.15) is 16.7 Å². The van der Waals surface area contributed by atoms with E-state index in [1.807, 2.05) is 60.7 Å². The second kappa shape index (κ2) is 6.62. The smallest absolute Gasteiger partial charge is 0.126 e. The third-order valence-electron chi connectivity index (χ3n) is 3.11. The molecule has 0 fully saturated rings. The molecule has 0 aliphatic carbocycles. The molecule has 2 heteroatoms. The first-order valence-corrected chi connectivity index (χ1v) is 6.40. The molecular weight excluding hydrogens is 248 g/mol. The lowest BCUT2D eigenvalue weighted by Gasteiger charge is -2.08. The minimum atomic E-state index is 0.827. The zero-order valence-corrected chi connectivity index (χ0v) is 11.8. The SMILES string of the molecule is C=Cc1cccc(OC)c1C=Cc1ccccc1OC. The Labute approximate surface area is 120 Å². The Morgan fingerprint density at radius 2 is 1.45 bits per heavy atom. The van der Waals surface area contributed by atoms with Gasteiger partial charge in [-0.2, -0.15) is 0 Å². The maximum absolute atomic E-state index is 5.40. The van der Waals surface area contributed by atoms with Crippen LogP contribution < -0.4 is 9.47 Å². The van der Waals surface area contributed by atoms with Gasteiger partial charge >= 0.3 is 0 Å². The molecule has 0 aromatic heterocycles. The minimum absolute atomic E-state index is 0.827. The molecule has 2 aromatic carbocycles. The van der Waals surface area contributed by atoms with E-state index in [1.165, 1.54) is 0 Å². The molecule has 0 saturated carbocycles. The van der Waals surface area contributed by atoms with Gasteiger partial charge in [-0.3, -0.25) is 0 Å². The molecule has 0 spiro atoms. The van der Waals surface area contributed by atoms with Crippen molar-refractivity contribution in [3.05, 3.63) is 65.7 Å². The fourth-order valence-corrected chi connectivity index (χ4v) is 2.07. The molecule has 0 radical (unpaired) electrons. The Morgan fingerprint density at radius 1 is 0.800 bits per heavy atom. The van der Waals surface area contributed by atoms with E-state index in [-0.39, 0.29) is 0 Å². The molecule has 20 heavy (non-hydrogen) atoms. The van der Waals surface area contributed by atoms with Gasteiger partial charge in [-0.25, -0.2) is 0 Å². The zero-order chi connectivity index (χ0) is 14.4. The van der Waals surface area contributed by atoms with Gasteiger partial charge in [-0.1, -0.05) is 49.1 Å². The van der Waals surface area contributed by atoms with Gasteiger partial charge in [0.25, 0.3) is 0 Å². The summed E-state index contributed by atoms with van der Waals surface area (Å²) >= 11 is 0. The van der Waals surface area contributed by atoms with E-state index in [0.717, 1.165) is 28.2 Å². The summed E-state index contributed by atoms with van der Waals surface area (Å²) in [6.07, 6.45) is 5.86. The maximum atomic E-state index is 5.40. The first kappa shape index (κ1) is 13.9. The van der Waals surface area contributed by atoms with E-state index < -0.39 is 0 Å². The van der Waals surface area contributed by atoms with Crippen LogP contribution >= 0.6 is 0 Å². The normalized spacial score (nSPS) is 10.5. The number of methoxy groups -OCH3 is 2. The van der Waals surface area contributed by atoms with Gasteiger partial charge in [0.2, 0.25) is 0 Å². The second-order valence-corrected chi connectivity index (χ2v) is 4.24. The van der Waals surface area contributed by atoms with Crippen LogP contribution in [-0.2, 0) is 0 Å². The Bertz CT molecular complexity index is 627. The van der Waals surface area contributed by atoms with Crippen molar-refractivity contribution in [2.24, 2.45) is 0 Å². The number of hydrogen-bond acceptors (Lipinski definition) is 2. The Hall–Kier alpha value is -2.48. The van der Waals surface area contributed by atoms with Crippen molar-refractivity contribution in [2.75, 3.05) is 14.2 Å². The van der Waals surface area contributed by atoms with E-state index in [4.69, 9.17) is 9.47 Å². The molecule has 0 unspecified atom stereocenters. The topological polar surface area (TPSA) is 18.5 Å². The first-order valence-electron chi connectivity index (χ1n) is 6.40. The number of hydrogen-bond donors (Lipinski definition) is 0. The van der Waals surface area contributed by atoms with E-state index in [0.29, 0.717) is 0 Å². The number of benzene rings is 2. The maximum Gasteiger partial charge on any atom is 0.126 e. The molecule has 0 bridgehead atoms. The molecule has 0 heterocycles. The molecule has 0 aliphatic rings. The fourth-order valence-electron chi connectivity index (χ4n) is 2.07. The molecule has 0 N–H and O–H groups in total. The van der Waals surface area contributed by atoms with Crippen LogP contribution in [0.2, 0.25) is 0 Å². The molecule has 102 valence electrons. The highest BCUT2D eigenvalue weighted by Gasteiger charge is 2.04. The van der Waals surface area contributed by atoms with Crippen molar-refractivity contribution in [2.45, 2.75) is 0 Å². The standard InChI is InChI=1S/C18H18O2/c1-4-14-9-7-11-18(20-3)16(14)13-12-15-8-5-6-10-17(15)19-2/h4-13H,1H2,2-3H3. The largest absolute Gasteiger partial charge is 0.496 e. The van der Waals surface area contributed by atoms with Crippen LogP contribution in [0.4, 0.5) is 0 Å². The number of rotatable bonds is 5. The Morgan fingerprint density at radius 3 is 2.15 bits per heavy atom. The summed E-state index contributed by atoms with van der Waals surface area (Å²) in [5, 5.41) is 0. The fraction of sp³-hybridized carbons (Fsp3) is 0.111. The van der Waals surface area contributed by atoms with Gasteiger partial charge in [-0.05, 0) is 23.8 Å². The van der Waals surface area contributed by atoms with Gasteiger partial charge in [0.15, 0.2) is 0 Å². The lowest BCUT2D eigenvalue weighted by Crippen LogP contribution is -1.90. The van der Waals surface area contributed by atoms with E-state index >= 15 is 0 Å². The summed E-state index contributed by atoms with van der Waals surface area (Å²) < 4.78 is 10.7. The molecule has 0 saturated heterocycles. The average Bonchev–Trinajstić information content (AvgIpc) is 2.52. The summed E-state index contributed by atoms with van der Waals surface area (Å²) in [4.78, 5) is 0. The molecule has 0 aliphatic heterocycles. The minimum Gasteiger partial charge on any atom is -0.496 e. The third kappa shape index (κ3) is 2.91. The third-order valence-corrected chi connectivity index (χ3v) is 3.11. The summed E-state index contributed by atoms with van der Waals surface area (Å²) in [6.45, 7) is 3.84. The molecule has 0 amide bonds. The highest BCUT2D eigenvalue weighted by Crippen LogP contribution is 2.27. The quantitative estimate of drug-likeness (QED) is 0.741. The molecule has 2 rings (SSSR count). The van der Waals surface area contributed by atoms with E-state index in [1.54, 1.807) is 14.2 Å². The van der Waals surface area contributed by atoms with Crippen LogP contribution in [0.15, 0.2) is 49.0 Å². The predicted molar refractivity (Wildman–Crippen MR) is 85.0 cm³/mol. The highest BCUT2D eigenvalue weighted by atomic mass is 16.5. The van der Waals surface area contributed by atoms with Crippen molar-refractivity contribution >= 4 is 18.2 Å². The Kier molecular flexibility index (Phi) is 4.61.